The second kappa shape index (κ2) is 7.00. The maximum Gasteiger partial charge on any atom is 0.240 e. The van der Waals surface area contributed by atoms with E-state index in [1.165, 1.54) is 0 Å². The Hall–Kier alpha value is -1.53. The van der Waals surface area contributed by atoms with E-state index in [0.29, 0.717) is 12.5 Å². The number of benzene rings is 1. The van der Waals surface area contributed by atoms with E-state index < -0.39 is 0 Å². The number of thioether (sulfide) groups is 1. The van der Waals surface area contributed by atoms with Crippen molar-refractivity contribution < 1.29 is 9.59 Å². The van der Waals surface area contributed by atoms with E-state index in [1.807, 2.05) is 47.0 Å². The molecule has 4 rings (SSSR count). The van der Waals surface area contributed by atoms with E-state index in [0.717, 1.165) is 49.5 Å². The largest absolute Gasteiger partial charge is 0.355 e. The lowest BCUT2D eigenvalue weighted by Crippen LogP contribution is -2.42. The maximum atomic E-state index is 12.7. The first-order valence-corrected chi connectivity index (χ1v) is 10.3. The van der Waals surface area contributed by atoms with Gasteiger partial charge in [0.05, 0.1) is 17.3 Å². The first-order chi connectivity index (χ1) is 12.2. The molecule has 1 saturated carbocycles. The van der Waals surface area contributed by atoms with Crippen molar-refractivity contribution in [2.24, 2.45) is 5.92 Å². The average Bonchev–Trinajstić information content (AvgIpc) is 3.07. The summed E-state index contributed by atoms with van der Waals surface area (Å²) in [5.41, 5.74) is 0.812. The Morgan fingerprint density at radius 2 is 2.08 bits per heavy atom. The molecule has 2 heterocycles. The standard InChI is InChI=1S/C19H25N3O2S/c23-17(22-8-9-25-13-22)16-10-14(11-20-16)12-21-18(24)19(6-7-19)15-4-2-1-3-5-15/h1-5,14,16,20H,6-13H2,(H,21,24)/t14-,16-/m0/s1. The normalized spacial score (nSPS) is 27.3. The number of carbonyl (C=O) groups excluding carboxylic acids is 2. The summed E-state index contributed by atoms with van der Waals surface area (Å²) < 4.78 is 0. The minimum atomic E-state index is -0.310. The molecule has 2 amide bonds. The minimum absolute atomic E-state index is 0.0791. The maximum absolute atomic E-state index is 12.7. The Bertz CT molecular complexity index is 641. The van der Waals surface area contributed by atoms with E-state index in [4.69, 9.17) is 0 Å². The summed E-state index contributed by atoms with van der Waals surface area (Å²) in [6, 6.07) is 9.99. The molecule has 0 aromatic heterocycles. The van der Waals surface area contributed by atoms with Crippen molar-refractivity contribution in [2.45, 2.75) is 30.7 Å². The van der Waals surface area contributed by atoms with Gasteiger partial charge in [-0.3, -0.25) is 9.59 Å². The van der Waals surface area contributed by atoms with Gasteiger partial charge in [0.1, 0.15) is 0 Å². The third-order valence-electron chi connectivity index (χ3n) is 5.65. The monoisotopic (exact) mass is 359 g/mol. The van der Waals surface area contributed by atoms with Crippen molar-refractivity contribution >= 4 is 23.6 Å². The van der Waals surface area contributed by atoms with Crippen LogP contribution in [0.15, 0.2) is 30.3 Å². The molecule has 0 bridgehead atoms. The summed E-state index contributed by atoms with van der Waals surface area (Å²) in [6.07, 6.45) is 2.68. The van der Waals surface area contributed by atoms with Crippen LogP contribution in [0, 0.1) is 5.92 Å². The molecule has 1 aromatic carbocycles. The highest BCUT2D eigenvalue weighted by Gasteiger charge is 2.51. The van der Waals surface area contributed by atoms with Gasteiger partial charge in [-0.25, -0.2) is 0 Å². The van der Waals surface area contributed by atoms with Crippen molar-refractivity contribution in [1.82, 2.24) is 15.5 Å². The lowest BCUT2D eigenvalue weighted by Gasteiger charge is -2.19. The molecule has 2 aliphatic heterocycles. The van der Waals surface area contributed by atoms with Gasteiger partial charge in [-0.15, -0.1) is 11.8 Å². The zero-order valence-corrected chi connectivity index (χ0v) is 15.2. The van der Waals surface area contributed by atoms with Crippen LogP contribution in [0.5, 0.6) is 0 Å². The van der Waals surface area contributed by atoms with Gasteiger partial charge in [-0.05, 0) is 30.7 Å². The second-order valence-electron chi connectivity index (χ2n) is 7.36. The molecule has 0 radical (unpaired) electrons. The molecule has 3 aliphatic rings. The predicted octanol–water partition coefficient (Wildman–Crippen LogP) is 1.35. The fraction of sp³-hybridized carbons (Fsp3) is 0.579. The highest BCUT2D eigenvalue weighted by molar-refractivity contribution is 7.99. The molecule has 0 unspecified atom stereocenters. The Morgan fingerprint density at radius 1 is 1.28 bits per heavy atom. The van der Waals surface area contributed by atoms with Crippen molar-refractivity contribution in [1.29, 1.82) is 0 Å². The molecule has 2 atom stereocenters. The second-order valence-corrected chi connectivity index (χ2v) is 8.43. The van der Waals surface area contributed by atoms with Crippen LogP contribution in [0.4, 0.5) is 0 Å². The van der Waals surface area contributed by atoms with Crippen LogP contribution in [0.1, 0.15) is 24.8 Å². The lowest BCUT2D eigenvalue weighted by atomic mass is 9.94. The minimum Gasteiger partial charge on any atom is -0.355 e. The SMILES string of the molecule is O=C([C@@H]1C[C@H](CNC(=O)C2(c3ccccc3)CC2)CN1)N1CCSC1. The van der Waals surface area contributed by atoms with E-state index in [9.17, 15) is 9.59 Å². The third-order valence-corrected chi connectivity index (χ3v) is 6.61. The van der Waals surface area contributed by atoms with E-state index >= 15 is 0 Å². The van der Waals surface area contributed by atoms with Crippen molar-refractivity contribution in [3.63, 3.8) is 0 Å². The summed E-state index contributed by atoms with van der Waals surface area (Å²) in [5.74, 6) is 2.56. The van der Waals surface area contributed by atoms with Crippen molar-refractivity contribution in [3.05, 3.63) is 35.9 Å². The fourth-order valence-electron chi connectivity index (χ4n) is 3.90. The molecule has 1 aliphatic carbocycles. The van der Waals surface area contributed by atoms with Gasteiger partial charge in [0.25, 0.3) is 0 Å². The van der Waals surface area contributed by atoms with Crippen LogP contribution in [0.2, 0.25) is 0 Å². The van der Waals surface area contributed by atoms with E-state index in [-0.39, 0.29) is 23.3 Å². The van der Waals surface area contributed by atoms with Crippen LogP contribution in [-0.4, -0.2) is 54.0 Å². The van der Waals surface area contributed by atoms with Gasteiger partial charge < -0.3 is 15.5 Å². The van der Waals surface area contributed by atoms with E-state index in [1.54, 1.807) is 0 Å². The summed E-state index contributed by atoms with van der Waals surface area (Å²) in [4.78, 5) is 27.1. The van der Waals surface area contributed by atoms with Crippen LogP contribution in [0.25, 0.3) is 0 Å². The Balaban J connectivity index is 1.28. The molecule has 6 heteroatoms. The van der Waals surface area contributed by atoms with Crippen LogP contribution in [-0.2, 0) is 15.0 Å². The molecule has 5 nitrogen and oxygen atoms in total. The van der Waals surface area contributed by atoms with Gasteiger partial charge in [-0.2, -0.15) is 0 Å². The molecule has 134 valence electrons. The van der Waals surface area contributed by atoms with Gasteiger partial charge >= 0.3 is 0 Å². The zero-order chi connectivity index (χ0) is 17.3. The van der Waals surface area contributed by atoms with E-state index in [2.05, 4.69) is 10.6 Å². The first-order valence-electron chi connectivity index (χ1n) is 9.13. The number of rotatable bonds is 5. The Morgan fingerprint density at radius 3 is 2.76 bits per heavy atom. The molecular formula is C19H25N3O2S. The first kappa shape index (κ1) is 16.9. The molecular weight excluding hydrogens is 334 g/mol. The molecule has 2 saturated heterocycles. The zero-order valence-electron chi connectivity index (χ0n) is 14.4. The van der Waals surface area contributed by atoms with Crippen molar-refractivity contribution in [2.75, 3.05) is 31.3 Å². The van der Waals surface area contributed by atoms with Crippen LogP contribution >= 0.6 is 11.8 Å². The van der Waals surface area contributed by atoms with Gasteiger partial charge in [-0.1, -0.05) is 30.3 Å². The van der Waals surface area contributed by atoms with Gasteiger partial charge in [0.2, 0.25) is 11.8 Å². The molecule has 0 spiro atoms. The molecule has 2 N–H and O–H groups in total. The number of hydrogen-bond acceptors (Lipinski definition) is 4. The Labute approximate surface area is 152 Å². The molecule has 3 fully saturated rings. The van der Waals surface area contributed by atoms with Crippen LogP contribution < -0.4 is 10.6 Å². The number of nitrogens with one attached hydrogen (secondary N) is 2. The summed E-state index contributed by atoms with van der Waals surface area (Å²) in [5, 5.41) is 6.49. The molecule has 1 aromatic rings. The summed E-state index contributed by atoms with van der Waals surface area (Å²) >= 11 is 1.81. The lowest BCUT2D eigenvalue weighted by molar-refractivity contribution is -0.131. The summed E-state index contributed by atoms with van der Waals surface area (Å²) in [6.45, 7) is 2.32. The fourth-order valence-corrected chi connectivity index (χ4v) is 4.85. The highest BCUT2D eigenvalue weighted by Crippen LogP contribution is 2.48. The van der Waals surface area contributed by atoms with Crippen molar-refractivity contribution in [3.8, 4) is 0 Å². The van der Waals surface area contributed by atoms with Gasteiger partial charge in [0, 0.05) is 25.4 Å². The number of nitrogens with zero attached hydrogens (tertiary/aromatic N) is 1. The highest BCUT2D eigenvalue weighted by atomic mass is 32.2. The summed E-state index contributed by atoms with van der Waals surface area (Å²) in [7, 11) is 0. The average molecular weight is 359 g/mol. The number of hydrogen-bond donors (Lipinski definition) is 2. The number of amides is 2. The topological polar surface area (TPSA) is 61.4 Å². The molecule has 25 heavy (non-hydrogen) atoms. The predicted molar refractivity (Wildman–Crippen MR) is 99.3 cm³/mol. The van der Waals surface area contributed by atoms with Gasteiger partial charge in [0.15, 0.2) is 0 Å². The number of carbonyl (C=O) groups is 2. The Kier molecular flexibility index (Phi) is 4.73. The smallest absolute Gasteiger partial charge is 0.240 e. The quantitative estimate of drug-likeness (QED) is 0.833. The third kappa shape index (κ3) is 3.42. The van der Waals surface area contributed by atoms with Crippen LogP contribution in [0.3, 0.4) is 0 Å².